The van der Waals surface area contributed by atoms with E-state index in [1.807, 2.05) is 33.8 Å². The number of nitrogens with zero attached hydrogens (tertiary/aromatic N) is 4. The summed E-state index contributed by atoms with van der Waals surface area (Å²) in [6.45, 7) is 8.00. The highest BCUT2D eigenvalue weighted by atomic mass is 32.2. The third kappa shape index (κ3) is 7.91. The fourth-order valence-corrected chi connectivity index (χ4v) is 3.69. The van der Waals surface area contributed by atoms with Gasteiger partial charge in [0.15, 0.2) is 0 Å². The van der Waals surface area contributed by atoms with Gasteiger partial charge in [-0.2, -0.15) is 15.0 Å². The first-order valence-corrected chi connectivity index (χ1v) is 12.0. The average Bonchev–Trinajstić information content (AvgIpc) is 2.65. The standard InChI is InChI=1S/C20H32N6O4S/c1-12(2)7-15(11-27)22-19-23-17(24-20(25-19)26-31(6,28)29)8-13(3)16-10-21-18(30-5)9-14(16)4/h9-10,12-13,15,27H,7-8,11H2,1-6H3,(H2,22,23,24,25,26)/t13-,15-/m1/s1. The summed E-state index contributed by atoms with van der Waals surface area (Å²) >= 11 is 0. The van der Waals surface area contributed by atoms with Crippen molar-refractivity contribution in [3.8, 4) is 5.88 Å². The van der Waals surface area contributed by atoms with Crippen LogP contribution in [0.4, 0.5) is 11.9 Å². The van der Waals surface area contributed by atoms with Crippen molar-refractivity contribution < 1.29 is 18.3 Å². The number of aromatic nitrogens is 4. The fourth-order valence-electron chi connectivity index (χ4n) is 3.27. The number of pyridine rings is 1. The van der Waals surface area contributed by atoms with Crippen molar-refractivity contribution in [2.45, 2.75) is 52.5 Å². The van der Waals surface area contributed by atoms with Crippen LogP contribution in [0.3, 0.4) is 0 Å². The lowest BCUT2D eigenvalue weighted by atomic mass is 9.95. The van der Waals surface area contributed by atoms with Gasteiger partial charge in [0.2, 0.25) is 27.8 Å². The number of ether oxygens (including phenoxy) is 1. The number of hydrogen-bond acceptors (Lipinski definition) is 9. The number of methoxy groups -OCH3 is 1. The molecule has 10 nitrogen and oxygen atoms in total. The summed E-state index contributed by atoms with van der Waals surface area (Å²) in [6.07, 6.45) is 3.95. The van der Waals surface area contributed by atoms with E-state index in [1.54, 1.807) is 13.3 Å². The SMILES string of the molecule is COc1cc(C)c([C@H](C)Cc2nc(N[C@@H](CO)CC(C)C)nc(NS(C)(=O)=O)n2)cn1. The second kappa shape index (κ2) is 10.7. The summed E-state index contributed by atoms with van der Waals surface area (Å²) in [4.78, 5) is 17.2. The van der Waals surface area contributed by atoms with Gasteiger partial charge in [0, 0.05) is 18.7 Å². The van der Waals surface area contributed by atoms with Crippen molar-refractivity contribution in [3.05, 3.63) is 29.2 Å². The molecule has 2 heterocycles. The van der Waals surface area contributed by atoms with Crippen LogP contribution in [0.2, 0.25) is 0 Å². The Labute approximate surface area is 184 Å². The van der Waals surface area contributed by atoms with E-state index in [0.29, 0.717) is 30.5 Å². The molecule has 3 N–H and O–H groups in total. The monoisotopic (exact) mass is 452 g/mol. The molecule has 0 bridgehead atoms. The zero-order valence-corrected chi connectivity index (χ0v) is 19.7. The fraction of sp³-hybridized carbons (Fsp3) is 0.600. The van der Waals surface area contributed by atoms with Crippen LogP contribution in [0, 0.1) is 12.8 Å². The van der Waals surface area contributed by atoms with E-state index in [4.69, 9.17) is 4.74 Å². The van der Waals surface area contributed by atoms with Crippen molar-refractivity contribution in [1.29, 1.82) is 0 Å². The Morgan fingerprint density at radius 2 is 1.84 bits per heavy atom. The van der Waals surface area contributed by atoms with Crippen LogP contribution in [0.25, 0.3) is 0 Å². The lowest BCUT2D eigenvalue weighted by Crippen LogP contribution is -2.27. The normalized spacial score (nSPS) is 13.7. The number of aliphatic hydroxyl groups excluding tert-OH is 1. The minimum absolute atomic E-state index is 0.0176. The molecule has 2 aromatic heterocycles. The molecule has 172 valence electrons. The minimum Gasteiger partial charge on any atom is -0.481 e. The first-order valence-electron chi connectivity index (χ1n) is 10.1. The van der Waals surface area contributed by atoms with Crippen LogP contribution in [0.5, 0.6) is 5.88 Å². The third-order valence-corrected chi connectivity index (χ3v) is 5.18. The van der Waals surface area contributed by atoms with Gasteiger partial charge in [-0.1, -0.05) is 20.8 Å². The maximum atomic E-state index is 11.7. The summed E-state index contributed by atoms with van der Waals surface area (Å²) in [7, 11) is -1.99. The van der Waals surface area contributed by atoms with Gasteiger partial charge >= 0.3 is 0 Å². The summed E-state index contributed by atoms with van der Waals surface area (Å²) in [5, 5.41) is 12.8. The van der Waals surface area contributed by atoms with Gasteiger partial charge in [-0.25, -0.2) is 13.4 Å². The second-order valence-electron chi connectivity index (χ2n) is 8.11. The van der Waals surface area contributed by atoms with E-state index in [0.717, 1.165) is 17.4 Å². The number of hydrogen-bond donors (Lipinski definition) is 3. The lowest BCUT2D eigenvalue weighted by molar-refractivity contribution is 0.259. The first-order chi connectivity index (χ1) is 14.5. The Morgan fingerprint density at radius 3 is 2.39 bits per heavy atom. The highest BCUT2D eigenvalue weighted by molar-refractivity contribution is 7.91. The minimum atomic E-state index is -3.56. The molecule has 0 aliphatic heterocycles. The first kappa shape index (κ1) is 24.7. The molecule has 0 spiro atoms. The predicted octanol–water partition coefficient (Wildman–Crippen LogP) is 2.12. The van der Waals surface area contributed by atoms with E-state index < -0.39 is 10.0 Å². The number of sulfonamides is 1. The maximum Gasteiger partial charge on any atom is 0.241 e. The smallest absolute Gasteiger partial charge is 0.241 e. The topological polar surface area (TPSA) is 139 Å². The van der Waals surface area contributed by atoms with E-state index in [-0.39, 0.29) is 30.5 Å². The quantitative estimate of drug-likeness (QED) is 0.468. The number of aryl methyl sites for hydroxylation is 1. The van der Waals surface area contributed by atoms with Gasteiger partial charge in [-0.15, -0.1) is 0 Å². The van der Waals surface area contributed by atoms with Crippen molar-refractivity contribution in [2.24, 2.45) is 5.92 Å². The highest BCUT2D eigenvalue weighted by Crippen LogP contribution is 2.25. The Kier molecular flexibility index (Phi) is 8.52. The molecule has 0 radical (unpaired) electrons. The van der Waals surface area contributed by atoms with Crippen LogP contribution >= 0.6 is 0 Å². The summed E-state index contributed by atoms with van der Waals surface area (Å²) < 4.78 is 30.9. The number of anilines is 2. The van der Waals surface area contributed by atoms with Gasteiger partial charge in [0.25, 0.3) is 0 Å². The average molecular weight is 453 g/mol. The molecule has 0 aliphatic rings. The summed E-state index contributed by atoms with van der Waals surface area (Å²) in [6, 6.07) is 1.60. The van der Waals surface area contributed by atoms with Gasteiger partial charge < -0.3 is 15.2 Å². The molecule has 0 aliphatic carbocycles. The summed E-state index contributed by atoms with van der Waals surface area (Å²) in [5.41, 5.74) is 2.04. The molecular weight excluding hydrogens is 420 g/mol. The molecule has 31 heavy (non-hydrogen) atoms. The molecule has 0 saturated heterocycles. The van der Waals surface area contributed by atoms with Crippen molar-refractivity contribution in [3.63, 3.8) is 0 Å². The van der Waals surface area contributed by atoms with Gasteiger partial charge in [-0.05, 0) is 36.3 Å². The van der Waals surface area contributed by atoms with Crippen LogP contribution in [-0.4, -0.2) is 59.5 Å². The third-order valence-electron chi connectivity index (χ3n) is 4.62. The predicted molar refractivity (Wildman–Crippen MR) is 120 cm³/mol. The molecular formula is C20H32N6O4S. The van der Waals surface area contributed by atoms with E-state index in [1.165, 1.54) is 0 Å². The highest BCUT2D eigenvalue weighted by Gasteiger charge is 2.18. The molecule has 0 aromatic carbocycles. The summed E-state index contributed by atoms with van der Waals surface area (Å²) in [5.74, 6) is 1.49. The van der Waals surface area contributed by atoms with E-state index >= 15 is 0 Å². The van der Waals surface area contributed by atoms with Gasteiger partial charge in [0.05, 0.1) is 26.0 Å². The molecule has 2 rings (SSSR count). The van der Waals surface area contributed by atoms with Crippen LogP contribution in [-0.2, 0) is 16.4 Å². The maximum absolute atomic E-state index is 11.7. The molecule has 2 aromatic rings. The lowest BCUT2D eigenvalue weighted by Gasteiger charge is -2.19. The Hall–Kier alpha value is -2.53. The Morgan fingerprint density at radius 1 is 1.16 bits per heavy atom. The van der Waals surface area contributed by atoms with Crippen LogP contribution < -0.4 is 14.8 Å². The van der Waals surface area contributed by atoms with Crippen molar-refractivity contribution in [1.82, 2.24) is 19.9 Å². The van der Waals surface area contributed by atoms with Crippen molar-refractivity contribution >= 4 is 21.9 Å². The molecule has 0 fully saturated rings. The number of rotatable bonds is 11. The molecule has 2 atom stereocenters. The van der Waals surface area contributed by atoms with Gasteiger partial charge in [0.1, 0.15) is 5.82 Å². The Bertz CT molecular complexity index is 984. The molecule has 0 amide bonds. The van der Waals surface area contributed by atoms with Crippen LogP contribution in [0.15, 0.2) is 12.3 Å². The molecule has 11 heteroatoms. The molecule has 0 saturated carbocycles. The zero-order chi connectivity index (χ0) is 23.2. The van der Waals surface area contributed by atoms with E-state index in [2.05, 4.69) is 30.0 Å². The molecule has 0 unspecified atom stereocenters. The number of aliphatic hydroxyl groups is 1. The van der Waals surface area contributed by atoms with Crippen molar-refractivity contribution in [2.75, 3.05) is 30.0 Å². The Balaban J connectivity index is 2.33. The van der Waals surface area contributed by atoms with Gasteiger partial charge in [-0.3, -0.25) is 4.72 Å². The van der Waals surface area contributed by atoms with E-state index in [9.17, 15) is 13.5 Å². The second-order valence-corrected chi connectivity index (χ2v) is 9.86. The van der Waals surface area contributed by atoms with Crippen LogP contribution in [0.1, 0.15) is 50.1 Å². The zero-order valence-electron chi connectivity index (χ0n) is 18.9. The largest absolute Gasteiger partial charge is 0.481 e. The number of nitrogens with one attached hydrogen (secondary N) is 2.